The Kier molecular flexibility index (Phi) is 5.11. The van der Waals surface area contributed by atoms with Gasteiger partial charge in [-0.25, -0.2) is 14.6 Å². The number of hydrogen-bond donors (Lipinski definition) is 1. The lowest BCUT2D eigenvalue weighted by Gasteiger charge is -2.32. The molecule has 4 aromatic rings. The standard InChI is InChI=1S/C23H24N6O/c30-23-20-6-10-24-22(21(20)25-16-26-23)29-15-17(14-27-29)7-11-28-12-8-19(9-13-28)18-4-2-1-3-5-18/h1-6,10,14-16,19H,7-9,11-13H2,(H,25,26,30). The highest BCUT2D eigenvalue weighted by Gasteiger charge is 2.20. The van der Waals surface area contributed by atoms with Crippen LogP contribution in [0.25, 0.3) is 16.7 Å². The van der Waals surface area contributed by atoms with Crippen LogP contribution >= 0.6 is 0 Å². The third-order valence-electron chi connectivity index (χ3n) is 5.97. The van der Waals surface area contributed by atoms with Crippen LogP contribution in [0, 0.1) is 0 Å². The molecule has 0 aliphatic carbocycles. The predicted octanol–water partition coefficient (Wildman–Crippen LogP) is 2.93. The van der Waals surface area contributed by atoms with E-state index >= 15 is 0 Å². The first-order valence-corrected chi connectivity index (χ1v) is 10.4. The fourth-order valence-corrected chi connectivity index (χ4v) is 4.26. The number of aromatic amines is 1. The molecule has 1 saturated heterocycles. The van der Waals surface area contributed by atoms with Gasteiger partial charge < -0.3 is 9.88 Å². The van der Waals surface area contributed by atoms with Crippen molar-refractivity contribution < 1.29 is 0 Å². The number of aromatic nitrogens is 5. The normalized spacial score (nSPS) is 15.6. The van der Waals surface area contributed by atoms with Crippen LogP contribution < -0.4 is 5.56 Å². The maximum absolute atomic E-state index is 12.0. The maximum atomic E-state index is 12.0. The number of piperidine rings is 1. The summed E-state index contributed by atoms with van der Waals surface area (Å²) in [5, 5.41) is 4.98. The molecule has 152 valence electrons. The summed E-state index contributed by atoms with van der Waals surface area (Å²) in [6.45, 7) is 3.28. The lowest BCUT2D eigenvalue weighted by atomic mass is 9.89. The third kappa shape index (κ3) is 3.76. The molecule has 1 aliphatic heterocycles. The molecule has 7 nitrogen and oxygen atoms in total. The summed E-state index contributed by atoms with van der Waals surface area (Å²) >= 11 is 0. The third-order valence-corrected chi connectivity index (χ3v) is 5.97. The number of H-pyrrole nitrogens is 1. The Hall–Kier alpha value is -3.32. The van der Waals surface area contributed by atoms with Crippen molar-refractivity contribution in [2.24, 2.45) is 0 Å². The van der Waals surface area contributed by atoms with E-state index in [0.29, 0.717) is 22.6 Å². The van der Waals surface area contributed by atoms with Gasteiger partial charge in [0.1, 0.15) is 5.52 Å². The molecule has 0 spiro atoms. The molecule has 0 unspecified atom stereocenters. The van der Waals surface area contributed by atoms with Gasteiger partial charge in [-0.2, -0.15) is 5.10 Å². The Balaban J connectivity index is 1.23. The molecule has 1 N–H and O–H groups in total. The van der Waals surface area contributed by atoms with Gasteiger partial charge in [0.25, 0.3) is 5.56 Å². The van der Waals surface area contributed by atoms with Crippen molar-refractivity contribution in [3.05, 3.63) is 82.8 Å². The second-order valence-corrected chi connectivity index (χ2v) is 7.83. The van der Waals surface area contributed by atoms with Crippen LogP contribution in [0.1, 0.15) is 29.9 Å². The van der Waals surface area contributed by atoms with E-state index in [1.54, 1.807) is 16.9 Å². The van der Waals surface area contributed by atoms with E-state index in [0.717, 1.165) is 31.6 Å². The quantitative estimate of drug-likeness (QED) is 0.557. The average molecular weight is 400 g/mol. The lowest BCUT2D eigenvalue weighted by Crippen LogP contribution is -2.34. The average Bonchev–Trinajstić information content (AvgIpc) is 3.27. The van der Waals surface area contributed by atoms with Crippen molar-refractivity contribution in [1.29, 1.82) is 0 Å². The number of rotatable bonds is 5. The minimum absolute atomic E-state index is 0.171. The summed E-state index contributed by atoms with van der Waals surface area (Å²) in [6, 6.07) is 12.5. The first-order valence-electron chi connectivity index (χ1n) is 10.4. The number of nitrogens with zero attached hydrogens (tertiary/aromatic N) is 5. The molecule has 4 heterocycles. The lowest BCUT2D eigenvalue weighted by molar-refractivity contribution is 0.214. The van der Waals surface area contributed by atoms with Gasteiger partial charge in [0.15, 0.2) is 5.82 Å². The van der Waals surface area contributed by atoms with E-state index in [1.165, 1.54) is 24.7 Å². The zero-order chi connectivity index (χ0) is 20.3. The molecule has 7 heteroatoms. The topological polar surface area (TPSA) is 79.7 Å². The Morgan fingerprint density at radius 1 is 1.07 bits per heavy atom. The van der Waals surface area contributed by atoms with Crippen LogP contribution in [-0.2, 0) is 6.42 Å². The molecule has 30 heavy (non-hydrogen) atoms. The number of fused-ring (bicyclic) bond motifs is 1. The van der Waals surface area contributed by atoms with Gasteiger partial charge in [0, 0.05) is 18.9 Å². The monoisotopic (exact) mass is 400 g/mol. The molecule has 0 radical (unpaired) electrons. The van der Waals surface area contributed by atoms with Crippen molar-refractivity contribution in [2.75, 3.05) is 19.6 Å². The second-order valence-electron chi connectivity index (χ2n) is 7.83. The Bertz CT molecular complexity index is 1190. The van der Waals surface area contributed by atoms with Crippen LogP contribution in [0.2, 0.25) is 0 Å². The Morgan fingerprint density at radius 3 is 2.73 bits per heavy atom. The Labute approximate surface area is 174 Å². The highest BCUT2D eigenvalue weighted by molar-refractivity contribution is 5.83. The summed E-state index contributed by atoms with van der Waals surface area (Å²) < 4.78 is 1.71. The van der Waals surface area contributed by atoms with E-state index < -0.39 is 0 Å². The molecule has 5 rings (SSSR count). The molecule has 0 saturated carbocycles. The van der Waals surface area contributed by atoms with Crippen LogP contribution in [0.4, 0.5) is 0 Å². The SMILES string of the molecule is O=c1[nH]cnc2c(-n3cc(CCN4CCC(c5ccccc5)CC4)cn3)nccc12. The first kappa shape index (κ1) is 18.7. The van der Waals surface area contributed by atoms with Crippen LogP contribution in [0.3, 0.4) is 0 Å². The van der Waals surface area contributed by atoms with E-state index in [1.807, 2.05) is 12.4 Å². The molecule has 0 amide bonds. The zero-order valence-corrected chi connectivity index (χ0v) is 16.7. The highest BCUT2D eigenvalue weighted by atomic mass is 16.1. The van der Waals surface area contributed by atoms with Crippen molar-refractivity contribution in [2.45, 2.75) is 25.2 Å². The van der Waals surface area contributed by atoms with E-state index in [9.17, 15) is 4.79 Å². The molecule has 0 bridgehead atoms. The smallest absolute Gasteiger partial charge is 0.258 e. The van der Waals surface area contributed by atoms with Crippen molar-refractivity contribution in [3.63, 3.8) is 0 Å². The maximum Gasteiger partial charge on any atom is 0.258 e. The van der Waals surface area contributed by atoms with Crippen molar-refractivity contribution in [1.82, 2.24) is 29.6 Å². The van der Waals surface area contributed by atoms with Gasteiger partial charge in [-0.05, 0) is 55.5 Å². The summed E-state index contributed by atoms with van der Waals surface area (Å²) in [6.07, 6.45) is 10.2. The van der Waals surface area contributed by atoms with Gasteiger partial charge in [-0.15, -0.1) is 0 Å². The fourth-order valence-electron chi connectivity index (χ4n) is 4.26. The largest absolute Gasteiger partial charge is 0.313 e. The molecule has 1 aromatic carbocycles. The van der Waals surface area contributed by atoms with Crippen LogP contribution in [0.15, 0.2) is 66.1 Å². The summed E-state index contributed by atoms with van der Waals surface area (Å²) in [7, 11) is 0. The number of hydrogen-bond acceptors (Lipinski definition) is 5. The van der Waals surface area contributed by atoms with Crippen LogP contribution in [0.5, 0.6) is 0 Å². The molecule has 3 aromatic heterocycles. The highest BCUT2D eigenvalue weighted by Crippen LogP contribution is 2.27. The number of pyridine rings is 1. The molecular weight excluding hydrogens is 376 g/mol. The molecule has 1 fully saturated rings. The van der Waals surface area contributed by atoms with E-state index in [4.69, 9.17) is 0 Å². The minimum Gasteiger partial charge on any atom is -0.313 e. The zero-order valence-electron chi connectivity index (χ0n) is 16.7. The van der Waals surface area contributed by atoms with Gasteiger partial charge >= 0.3 is 0 Å². The molecular formula is C23H24N6O. The number of nitrogens with one attached hydrogen (secondary N) is 1. The van der Waals surface area contributed by atoms with Gasteiger partial charge in [0.05, 0.1) is 17.9 Å². The first-order chi connectivity index (χ1) is 14.8. The fraction of sp³-hybridized carbons (Fsp3) is 0.304. The Morgan fingerprint density at radius 2 is 1.90 bits per heavy atom. The number of likely N-dealkylation sites (tertiary alicyclic amines) is 1. The van der Waals surface area contributed by atoms with Gasteiger partial charge in [0.2, 0.25) is 0 Å². The molecule has 0 atom stereocenters. The summed E-state index contributed by atoms with van der Waals surface area (Å²) in [5.74, 6) is 1.26. The summed E-state index contributed by atoms with van der Waals surface area (Å²) in [4.78, 5) is 25.8. The number of benzene rings is 1. The van der Waals surface area contributed by atoms with Gasteiger partial charge in [-0.3, -0.25) is 4.79 Å². The van der Waals surface area contributed by atoms with Gasteiger partial charge in [-0.1, -0.05) is 30.3 Å². The predicted molar refractivity (Wildman–Crippen MR) is 116 cm³/mol. The van der Waals surface area contributed by atoms with E-state index in [-0.39, 0.29) is 5.56 Å². The molecule has 1 aliphatic rings. The minimum atomic E-state index is -0.171. The van der Waals surface area contributed by atoms with Crippen LogP contribution in [-0.4, -0.2) is 49.3 Å². The second kappa shape index (κ2) is 8.20. The summed E-state index contributed by atoms with van der Waals surface area (Å²) in [5.41, 5.74) is 3.01. The van der Waals surface area contributed by atoms with Crippen molar-refractivity contribution >= 4 is 10.9 Å². The van der Waals surface area contributed by atoms with Crippen molar-refractivity contribution in [3.8, 4) is 5.82 Å². The van der Waals surface area contributed by atoms with E-state index in [2.05, 4.69) is 55.3 Å².